The number of hydrogen-bond donors (Lipinski definition) is 0. The molecule has 0 bridgehead atoms. The minimum absolute atomic E-state index is 0.308. The number of rotatable bonds is 2. The van der Waals surface area contributed by atoms with Gasteiger partial charge in [0.15, 0.2) is 11.5 Å². The van der Waals surface area contributed by atoms with Crippen LogP contribution in [0.4, 0.5) is 0 Å². The standard InChI is InChI=1S/C11H9ClN2O3/c1-6(15)17-10-4-8-7(3-9(10)16-2)11(12)14-5-13-8/h3-5H,1-2H3. The van der Waals surface area contributed by atoms with Crippen molar-refractivity contribution in [1.29, 1.82) is 0 Å². The zero-order valence-electron chi connectivity index (χ0n) is 9.23. The van der Waals surface area contributed by atoms with E-state index < -0.39 is 5.97 Å². The molecule has 1 aromatic carbocycles. The lowest BCUT2D eigenvalue weighted by Crippen LogP contribution is -2.03. The Kier molecular flexibility index (Phi) is 3.10. The normalized spacial score (nSPS) is 10.3. The van der Waals surface area contributed by atoms with Crippen LogP contribution in [0.3, 0.4) is 0 Å². The van der Waals surface area contributed by atoms with Gasteiger partial charge in [0.25, 0.3) is 0 Å². The third-order valence-electron chi connectivity index (χ3n) is 2.13. The smallest absolute Gasteiger partial charge is 0.308 e. The Balaban J connectivity index is 2.64. The molecule has 0 aliphatic rings. The van der Waals surface area contributed by atoms with Crippen molar-refractivity contribution in [3.05, 3.63) is 23.6 Å². The van der Waals surface area contributed by atoms with Crippen LogP contribution < -0.4 is 9.47 Å². The second-order valence-electron chi connectivity index (χ2n) is 3.28. The van der Waals surface area contributed by atoms with Crippen LogP contribution in [-0.2, 0) is 4.79 Å². The van der Waals surface area contributed by atoms with E-state index in [4.69, 9.17) is 21.1 Å². The number of halogens is 1. The van der Waals surface area contributed by atoms with Gasteiger partial charge in [-0.1, -0.05) is 11.6 Å². The number of ether oxygens (including phenoxy) is 2. The molecule has 0 aliphatic carbocycles. The Morgan fingerprint density at radius 2 is 2.06 bits per heavy atom. The van der Waals surface area contributed by atoms with Crippen molar-refractivity contribution >= 4 is 28.5 Å². The molecule has 0 saturated carbocycles. The minimum atomic E-state index is -0.428. The Bertz CT molecular complexity index is 586. The molecule has 2 rings (SSSR count). The van der Waals surface area contributed by atoms with Crippen molar-refractivity contribution in [1.82, 2.24) is 9.97 Å². The van der Waals surface area contributed by atoms with Gasteiger partial charge in [-0.3, -0.25) is 4.79 Å². The molecule has 17 heavy (non-hydrogen) atoms. The summed E-state index contributed by atoms with van der Waals surface area (Å²) < 4.78 is 10.1. The molecule has 0 spiro atoms. The van der Waals surface area contributed by atoms with Crippen molar-refractivity contribution in [2.75, 3.05) is 7.11 Å². The van der Waals surface area contributed by atoms with Gasteiger partial charge in [-0.05, 0) is 6.07 Å². The number of methoxy groups -OCH3 is 1. The van der Waals surface area contributed by atoms with Gasteiger partial charge in [0, 0.05) is 18.4 Å². The number of esters is 1. The van der Waals surface area contributed by atoms with E-state index in [9.17, 15) is 4.79 Å². The molecule has 88 valence electrons. The molecule has 0 amide bonds. The summed E-state index contributed by atoms with van der Waals surface area (Å²) in [5.74, 6) is 0.287. The molecule has 6 heteroatoms. The molecule has 0 radical (unpaired) electrons. The van der Waals surface area contributed by atoms with Crippen molar-refractivity contribution in [2.45, 2.75) is 6.92 Å². The van der Waals surface area contributed by atoms with E-state index in [1.807, 2.05) is 0 Å². The van der Waals surface area contributed by atoms with E-state index in [0.717, 1.165) is 0 Å². The van der Waals surface area contributed by atoms with Gasteiger partial charge in [0.1, 0.15) is 11.5 Å². The Morgan fingerprint density at radius 1 is 1.29 bits per heavy atom. The highest BCUT2D eigenvalue weighted by Gasteiger charge is 2.11. The van der Waals surface area contributed by atoms with Crippen LogP contribution >= 0.6 is 11.6 Å². The van der Waals surface area contributed by atoms with Crippen molar-refractivity contribution in [3.63, 3.8) is 0 Å². The van der Waals surface area contributed by atoms with E-state index in [-0.39, 0.29) is 0 Å². The van der Waals surface area contributed by atoms with E-state index in [0.29, 0.717) is 27.6 Å². The number of benzene rings is 1. The van der Waals surface area contributed by atoms with Crippen LogP contribution in [-0.4, -0.2) is 23.0 Å². The fourth-order valence-corrected chi connectivity index (χ4v) is 1.62. The van der Waals surface area contributed by atoms with Crippen molar-refractivity contribution < 1.29 is 14.3 Å². The van der Waals surface area contributed by atoms with Crippen molar-refractivity contribution in [3.8, 4) is 11.5 Å². The molecule has 5 nitrogen and oxygen atoms in total. The van der Waals surface area contributed by atoms with E-state index >= 15 is 0 Å². The highest BCUT2D eigenvalue weighted by atomic mass is 35.5. The molecule has 0 fully saturated rings. The van der Waals surface area contributed by atoms with Crippen LogP contribution in [0.2, 0.25) is 5.15 Å². The molecule has 0 aliphatic heterocycles. The van der Waals surface area contributed by atoms with E-state index in [2.05, 4.69) is 9.97 Å². The van der Waals surface area contributed by atoms with Gasteiger partial charge >= 0.3 is 5.97 Å². The summed E-state index contributed by atoms with van der Waals surface area (Å²) in [6.45, 7) is 1.32. The highest BCUT2D eigenvalue weighted by Crippen LogP contribution is 2.33. The Labute approximate surface area is 102 Å². The molecule has 0 N–H and O–H groups in total. The van der Waals surface area contributed by atoms with Crippen LogP contribution in [0.1, 0.15) is 6.92 Å². The number of fused-ring (bicyclic) bond motifs is 1. The molecule has 2 aromatic rings. The lowest BCUT2D eigenvalue weighted by atomic mass is 10.2. The maximum Gasteiger partial charge on any atom is 0.308 e. The first kappa shape index (κ1) is 11.6. The molecular weight excluding hydrogens is 244 g/mol. The highest BCUT2D eigenvalue weighted by molar-refractivity contribution is 6.34. The molecule has 1 heterocycles. The predicted molar refractivity (Wildman–Crippen MR) is 62.4 cm³/mol. The van der Waals surface area contributed by atoms with E-state index in [1.165, 1.54) is 20.4 Å². The topological polar surface area (TPSA) is 61.3 Å². The first-order valence-electron chi connectivity index (χ1n) is 4.78. The summed E-state index contributed by atoms with van der Waals surface area (Å²) in [5, 5.41) is 0.963. The predicted octanol–water partition coefficient (Wildman–Crippen LogP) is 2.22. The quantitative estimate of drug-likeness (QED) is 0.466. The second-order valence-corrected chi connectivity index (χ2v) is 3.64. The summed E-state index contributed by atoms with van der Waals surface area (Å²) >= 11 is 5.93. The SMILES string of the molecule is COc1cc2c(Cl)ncnc2cc1OC(C)=O. The monoisotopic (exact) mass is 252 g/mol. The first-order chi connectivity index (χ1) is 8.11. The summed E-state index contributed by atoms with van der Waals surface area (Å²) in [6.07, 6.45) is 1.34. The summed E-state index contributed by atoms with van der Waals surface area (Å²) in [4.78, 5) is 18.9. The van der Waals surface area contributed by atoms with Gasteiger partial charge in [0.05, 0.1) is 12.6 Å². The first-order valence-corrected chi connectivity index (χ1v) is 5.16. The number of carbonyl (C=O) groups excluding carboxylic acids is 1. The lowest BCUT2D eigenvalue weighted by Gasteiger charge is -2.09. The number of hydrogen-bond acceptors (Lipinski definition) is 5. The Morgan fingerprint density at radius 3 is 2.71 bits per heavy atom. The second kappa shape index (κ2) is 4.55. The number of nitrogens with zero attached hydrogens (tertiary/aromatic N) is 2. The molecule has 0 saturated heterocycles. The van der Waals surface area contributed by atoms with Gasteiger partial charge in [-0.25, -0.2) is 9.97 Å². The van der Waals surface area contributed by atoms with Gasteiger partial charge in [-0.2, -0.15) is 0 Å². The average molecular weight is 253 g/mol. The molecule has 1 aromatic heterocycles. The summed E-state index contributed by atoms with van der Waals surface area (Å²) in [5.41, 5.74) is 0.585. The zero-order valence-corrected chi connectivity index (χ0v) is 9.99. The van der Waals surface area contributed by atoms with E-state index in [1.54, 1.807) is 12.1 Å². The summed E-state index contributed by atoms with van der Waals surface area (Å²) in [7, 11) is 1.48. The zero-order chi connectivity index (χ0) is 12.4. The van der Waals surface area contributed by atoms with Crippen molar-refractivity contribution in [2.24, 2.45) is 0 Å². The van der Waals surface area contributed by atoms with Crippen LogP contribution in [0.5, 0.6) is 11.5 Å². The van der Waals surface area contributed by atoms with Gasteiger partial charge in [0.2, 0.25) is 0 Å². The maximum absolute atomic E-state index is 10.9. The fraction of sp³-hybridized carbons (Fsp3) is 0.182. The fourth-order valence-electron chi connectivity index (χ4n) is 1.43. The molecule has 0 atom stereocenters. The van der Waals surface area contributed by atoms with Gasteiger partial charge in [-0.15, -0.1) is 0 Å². The largest absolute Gasteiger partial charge is 0.493 e. The van der Waals surface area contributed by atoms with Crippen LogP contribution in [0.15, 0.2) is 18.5 Å². The third-order valence-corrected chi connectivity index (χ3v) is 2.43. The third kappa shape index (κ3) is 2.29. The maximum atomic E-state index is 10.9. The van der Waals surface area contributed by atoms with Gasteiger partial charge < -0.3 is 9.47 Å². The number of aromatic nitrogens is 2. The minimum Gasteiger partial charge on any atom is -0.493 e. The number of carbonyl (C=O) groups is 1. The summed E-state index contributed by atoms with van der Waals surface area (Å²) in [6, 6.07) is 3.22. The van der Waals surface area contributed by atoms with Crippen LogP contribution in [0, 0.1) is 0 Å². The molecule has 0 unspecified atom stereocenters. The lowest BCUT2D eigenvalue weighted by molar-refractivity contribution is -0.131. The van der Waals surface area contributed by atoms with Crippen LogP contribution in [0.25, 0.3) is 10.9 Å². The molecular formula is C11H9ClN2O3. The average Bonchev–Trinajstić information content (AvgIpc) is 2.28. The Hall–Kier alpha value is -1.88.